The minimum Gasteiger partial charge on any atom is -0.338 e. The average molecular weight is 337 g/mol. The first kappa shape index (κ1) is 15.6. The number of H-pyrrole nitrogens is 1. The van der Waals surface area contributed by atoms with Crippen molar-refractivity contribution in [3.8, 4) is 11.6 Å². The number of nitrogens with one attached hydrogen (secondary N) is 1. The Hall–Kier alpha value is -2.96. The predicted molar refractivity (Wildman–Crippen MR) is 90.6 cm³/mol. The number of rotatable bonds is 4. The third-order valence-corrected chi connectivity index (χ3v) is 4.40. The Balaban J connectivity index is 1.48. The highest BCUT2D eigenvalue weighted by Gasteiger charge is 2.33. The first-order valence-electron chi connectivity index (χ1n) is 8.28. The van der Waals surface area contributed by atoms with Crippen LogP contribution in [0, 0.1) is 13.8 Å². The summed E-state index contributed by atoms with van der Waals surface area (Å²) in [6.07, 6.45) is 0.407. The molecular weight excluding hydrogens is 318 g/mol. The molecule has 7 nitrogen and oxygen atoms in total. The van der Waals surface area contributed by atoms with Gasteiger partial charge < -0.3 is 9.42 Å². The molecule has 1 aliphatic rings. The van der Waals surface area contributed by atoms with Crippen molar-refractivity contribution >= 4 is 5.91 Å². The quantitative estimate of drug-likeness (QED) is 0.790. The van der Waals surface area contributed by atoms with E-state index in [1.165, 1.54) is 5.56 Å². The Kier molecular flexibility index (Phi) is 3.83. The van der Waals surface area contributed by atoms with Gasteiger partial charge in [-0.15, -0.1) is 0 Å². The second-order valence-electron chi connectivity index (χ2n) is 6.56. The fourth-order valence-electron chi connectivity index (χ4n) is 3.16. The van der Waals surface area contributed by atoms with Gasteiger partial charge in [0.15, 0.2) is 11.5 Å². The van der Waals surface area contributed by atoms with E-state index in [0.29, 0.717) is 36.9 Å². The van der Waals surface area contributed by atoms with Gasteiger partial charge in [-0.05, 0) is 25.5 Å². The van der Waals surface area contributed by atoms with Crippen LogP contribution in [0.1, 0.15) is 35.0 Å². The number of carbonyl (C=O) groups excluding carboxylic acids is 1. The van der Waals surface area contributed by atoms with Crippen molar-refractivity contribution in [2.24, 2.45) is 0 Å². The average Bonchev–Trinajstić information content (AvgIpc) is 3.28. The van der Waals surface area contributed by atoms with Crippen molar-refractivity contribution < 1.29 is 9.32 Å². The molecule has 128 valence electrons. The molecule has 0 unspecified atom stereocenters. The molecule has 4 rings (SSSR count). The minimum atomic E-state index is -0.0464. The number of aromatic amines is 1. The first-order chi connectivity index (χ1) is 12.1. The number of aryl methyl sites for hydroxylation is 2. The zero-order valence-corrected chi connectivity index (χ0v) is 14.2. The summed E-state index contributed by atoms with van der Waals surface area (Å²) < 4.78 is 5.31. The van der Waals surface area contributed by atoms with Gasteiger partial charge in [-0.2, -0.15) is 10.1 Å². The lowest BCUT2D eigenvalue weighted by atomic mass is 10.1. The van der Waals surface area contributed by atoms with Crippen molar-refractivity contribution in [1.29, 1.82) is 0 Å². The summed E-state index contributed by atoms with van der Waals surface area (Å²) in [5.41, 5.74) is 3.87. The fraction of sp³-hybridized carbons (Fsp3) is 0.333. The third kappa shape index (κ3) is 3.17. The Morgan fingerprint density at radius 3 is 2.96 bits per heavy atom. The van der Waals surface area contributed by atoms with Gasteiger partial charge in [0.1, 0.15) is 0 Å². The monoisotopic (exact) mass is 337 g/mol. The van der Waals surface area contributed by atoms with Gasteiger partial charge in [-0.3, -0.25) is 9.89 Å². The minimum absolute atomic E-state index is 0.0464. The van der Waals surface area contributed by atoms with Gasteiger partial charge >= 0.3 is 0 Å². The standard InChI is InChI=1S/C18H19N5O2/c1-11-4-3-5-13(6-11)9-23-10-14(8-16(23)24)17-19-18(25-22-17)15-7-12(2)20-21-15/h3-7,14H,8-10H2,1-2H3,(H,20,21)/t14-/m0/s1. The molecule has 3 aromatic rings. The van der Waals surface area contributed by atoms with Crippen LogP contribution in [0.4, 0.5) is 0 Å². The third-order valence-electron chi connectivity index (χ3n) is 4.40. The van der Waals surface area contributed by atoms with E-state index in [4.69, 9.17) is 4.52 Å². The number of hydrogen-bond acceptors (Lipinski definition) is 5. The molecule has 0 spiro atoms. The molecule has 1 fully saturated rings. The fourth-order valence-corrected chi connectivity index (χ4v) is 3.16. The van der Waals surface area contributed by atoms with Crippen LogP contribution in [0.15, 0.2) is 34.9 Å². The topological polar surface area (TPSA) is 87.9 Å². The van der Waals surface area contributed by atoms with E-state index < -0.39 is 0 Å². The molecule has 2 aromatic heterocycles. The molecule has 7 heteroatoms. The molecule has 0 aliphatic carbocycles. The van der Waals surface area contributed by atoms with Crippen molar-refractivity contribution in [2.45, 2.75) is 32.7 Å². The molecule has 1 aromatic carbocycles. The number of carbonyl (C=O) groups is 1. The van der Waals surface area contributed by atoms with Crippen LogP contribution in [0.25, 0.3) is 11.6 Å². The zero-order valence-electron chi connectivity index (χ0n) is 14.2. The van der Waals surface area contributed by atoms with Crippen LogP contribution >= 0.6 is 0 Å². The summed E-state index contributed by atoms with van der Waals surface area (Å²) in [5, 5.41) is 11.0. The van der Waals surface area contributed by atoms with E-state index in [-0.39, 0.29) is 11.8 Å². The molecular formula is C18H19N5O2. The summed E-state index contributed by atoms with van der Waals surface area (Å²) in [6, 6.07) is 10.1. The van der Waals surface area contributed by atoms with Gasteiger partial charge in [0, 0.05) is 31.1 Å². The molecule has 1 saturated heterocycles. The Morgan fingerprint density at radius 2 is 2.20 bits per heavy atom. The lowest BCUT2D eigenvalue weighted by Gasteiger charge is -2.16. The highest BCUT2D eigenvalue weighted by molar-refractivity contribution is 5.79. The van der Waals surface area contributed by atoms with E-state index in [0.717, 1.165) is 11.3 Å². The maximum Gasteiger partial charge on any atom is 0.278 e. The lowest BCUT2D eigenvalue weighted by molar-refractivity contribution is -0.128. The van der Waals surface area contributed by atoms with Gasteiger partial charge in [0.2, 0.25) is 5.91 Å². The zero-order chi connectivity index (χ0) is 17.4. The molecule has 1 N–H and O–H groups in total. The predicted octanol–water partition coefficient (Wildman–Crippen LogP) is 2.59. The van der Waals surface area contributed by atoms with Crippen molar-refractivity contribution in [1.82, 2.24) is 25.2 Å². The first-order valence-corrected chi connectivity index (χ1v) is 8.28. The van der Waals surface area contributed by atoms with Crippen LogP contribution in [0.3, 0.4) is 0 Å². The van der Waals surface area contributed by atoms with Gasteiger partial charge in [-0.1, -0.05) is 35.0 Å². The van der Waals surface area contributed by atoms with Gasteiger partial charge in [0.25, 0.3) is 5.89 Å². The van der Waals surface area contributed by atoms with Crippen molar-refractivity contribution in [2.75, 3.05) is 6.54 Å². The number of nitrogens with zero attached hydrogens (tertiary/aromatic N) is 4. The number of amides is 1. The number of aromatic nitrogens is 4. The summed E-state index contributed by atoms with van der Waals surface area (Å²) in [7, 11) is 0. The van der Waals surface area contributed by atoms with E-state index in [1.807, 2.05) is 30.0 Å². The molecule has 1 aliphatic heterocycles. The van der Waals surface area contributed by atoms with Gasteiger partial charge in [0.05, 0.1) is 0 Å². The molecule has 3 heterocycles. The number of benzene rings is 1. The van der Waals surface area contributed by atoms with Crippen LogP contribution in [0.5, 0.6) is 0 Å². The molecule has 0 bridgehead atoms. The van der Waals surface area contributed by atoms with Crippen molar-refractivity contribution in [3.63, 3.8) is 0 Å². The normalized spacial score (nSPS) is 17.4. The Morgan fingerprint density at radius 1 is 1.32 bits per heavy atom. The number of hydrogen-bond donors (Lipinski definition) is 1. The lowest BCUT2D eigenvalue weighted by Crippen LogP contribution is -2.24. The maximum atomic E-state index is 12.3. The molecule has 1 atom stereocenters. The van der Waals surface area contributed by atoms with Crippen LogP contribution < -0.4 is 0 Å². The van der Waals surface area contributed by atoms with Crippen LogP contribution in [0.2, 0.25) is 0 Å². The SMILES string of the molecule is Cc1cccc(CN2C[C@@H](c3noc(-c4cc(C)[nH]n4)n3)CC2=O)c1. The van der Waals surface area contributed by atoms with Crippen LogP contribution in [-0.2, 0) is 11.3 Å². The summed E-state index contributed by atoms with van der Waals surface area (Å²) >= 11 is 0. The largest absolute Gasteiger partial charge is 0.338 e. The van der Waals surface area contributed by atoms with Gasteiger partial charge in [-0.25, -0.2) is 0 Å². The molecule has 0 radical (unpaired) electrons. The van der Waals surface area contributed by atoms with E-state index >= 15 is 0 Å². The Labute approximate surface area is 145 Å². The van der Waals surface area contributed by atoms with E-state index in [9.17, 15) is 4.79 Å². The maximum absolute atomic E-state index is 12.3. The smallest absolute Gasteiger partial charge is 0.278 e. The highest BCUT2D eigenvalue weighted by Crippen LogP contribution is 2.29. The Bertz CT molecular complexity index is 914. The second kappa shape index (κ2) is 6.16. The van der Waals surface area contributed by atoms with E-state index in [1.54, 1.807) is 0 Å². The van der Waals surface area contributed by atoms with E-state index in [2.05, 4.69) is 39.4 Å². The molecule has 25 heavy (non-hydrogen) atoms. The molecule has 0 saturated carbocycles. The highest BCUT2D eigenvalue weighted by atomic mass is 16.5. The summed E-state index contributed by atoms with van der Waals surface area (Å²) in [4.78, 5) is 18.6. The summed E-state index contributed by atoms with van der Waals surface area (Å²) in [6.45, 7) is 5.17. The second-order valence-corrected chi connectivity index (χ2v) is 6.56. The molecule has 1 amide bonds. The van der Waals surface area contributed by atoms with Crippen molar-refractivity contribution in [3.05, 3.63) is 53.0 Å². The summed E-state index contributed by atoms with van der Waals surface area (Å²) in [5.74, 6) is 1.02. The number of likely N-dealkylation sites (tertiary alicyclic amines) is 1. The van der Waals surface area contributed by atoms with Crippen LogP contribution in [-0.4, -0.2) is 37.7 Å².